The second kappa shape index (κ2) is 5.83. The molecule has 0 aromatic heterocycles. The summed E-state index contributed by atoms with van der Waals surface area (Å²) in [6, 6.07) is 3.92. The highest BCUT2D eigenvalue weighted by Gasteiger charge is 2.22. The van der Waals surface area contributed by atoms with E-state index in [1.165, 1.54) is 17.8 Å². The van der Waals surface area contributed by atoms with E-state index in [4.69, 9.17) is 0 Å². The summed E-state index contributed by atoms with van der Waals surface area (Å²) in [6.07, 6.45) is 4.70. The minimum absolute atomic E-state index is 0.0994. The smallest absolute Gasteiger partial charge is 0.159 e. The first-order chi connectivity index (χ1) is 8.16. The summed E-state index contributed by atoms with van der Waals surface area (Å²) in [6.45, 7) is 0. The second-order valence-electron chi connectivity index (χ2n) is 4.44. The first-order valence-electron chi connectivity index (χ1n) is 5.96. The molecule has 0 aliphatic heterocycles. The van der Waals surface area contributed by atoms with E-state index >= 15 is 0 Å². The number of hydrogen-bond acceptors (Lipinski definition) is 2. The lowest BCUT2D eigenvalue weighted by Crippen LogP contribution is -2.21. The van der Waals surface area contributed by atoms with Gasteiger partial charge in [-0.15, -0.1) is 11.8 Å². The summed E-state index contributed by atoms with van der Waals surface area (Å²) < 4.78 is 25.8. The molecule has 17 heavy (non-hydrogen) atoms. The quantitative estimate of drug-likeness (QED) is 0.815. The summed E-state index contributed by atoms with van der Waals surface area (Å²) in [4.78, 5) is 0.690. The van der Waals surface area contributed by atoms with Crippen LogP contribution in [0, 0.1) is 11.6 Å². The van der Waals surface area contributed by atoms with Gasteiger partial charge in [-0.3, -0.25) is 0 Å². The van der Waals surface area contributed by atoms with E-state index in [0.717, 1.165) is 38.2 Å². The van der Waals surface area contributed by atoms with Crippen LogP contribution >= 0.6 is 11.8 Å². The molecule has 1 N–H and O–H groups in total. The third kappa shape index (κ3) is 3.42. The molecule has 1 aromatic rings. The van der Waals surface area contributed by atoms with Gasteiger partial charge in [0.15, 0.2) is 11.6 Å². The molecule has 0 heterocycles. The average molecular weight is 258 g/mol. The van der Waals surface area contributed by atoms with Crippen LogP contribution in [0.1, 0.15) is 32.1 Å². The van der Waals surface area contributed by atoms with Gasteiger partial charge >= 0.3 is 0 Å². The minimum Gasteiger partial charge on any atom is -0.392 e. The molecule has 0 spiro atoms. The van der Waals surface area contributed by atoms with Gasteiger partial charge in [-0.25, -0.2) is 8.78 Å². The Labute approximate surface area is 104 Å². The van der Waals surface area contributed by atoms with Crippen LogP contribution in [0.25, 0.3) is 0 Å². The summed E-state index contributed by atoms with van der Waals surface area (Å²) in [7, 11) is 0. The van der Waals surface area contributed by atoms with E-state index in [1.807, 2.05) is 0 Å². The van der Waals surface area contributed by atoms with Gasteiger partial charge in [-0.1, -0.05) is 19.3 Å². The van der Waals surface area contributed by atoms with Crippen LogP contribution < -0.4 is 0 Å². The number of hydrogen-bond donors (Lipinski definition) is 1. The first-order valence-corrected chi connectivity index (χ1v) is 6.84. The predicted octanol–water partition coefficient (Wildman–Crippen LogP) is 3.75. The fourth-order valence-corrected chi connectivity index (χ4v) is 3.36. The Kier molecular flexibility index (Phi) is 4.40. The van der Waals surface area contributed by atoms with Gasteiger partial charge in [0.2, 0.25) is 0 Å². The monoisotopic (exact) mass is 258 g/mol. The first kappa shape index (κ1) is 12.8. The van der Waals surface area contributed by atoms with Crippen molar-refractivity contribution in [3.63, 3.8) is 0 Å². The molecule has 2 atom stereocenters. The zero-order valence-corrected chi connectivity index (χ0v) is 10.4. The maximum absolute atomic E-state index is 13.1. The number of rotatable bonds is 2. The van der Waals surface area contributed by atoms with Crippen molar-refractivity contribution >= 4 is 11.8 Å². The Balaban J connectivity index is 2.05. The number of halogens is 2. The molecule has 0 bridgehead atoms. The van der Waals surface area contributed by atoms with Crippen LogP contribution in [0.4, 0.5) is 8.78 Å². The van der Waals surface area contributed by atoms with Crippen molar-refractivity contribution in [2.75, 3.05) is 0 Å². The molecule has 1 aliphatic carbocycles. The molecule has 2 rings (SSSR count). The molecule has 2 unspecified atom stereocenters. The van der Waals surface area contributed by atoms with Crippen LogP contribution in [0.5, 0.6) is 0 Å². The molecule has 0 amide bonds. The van der Waals surface area contributed by atoms with Crippen molar-refractivity contribution in [1.29, 1.82) is 0 Å². The predicted molar refractivity (Wildman–Crippen MR) is 65.1 cm³/mol. The van der Waals surface area contributed by atoms with Crippen LogP contribution in [0.3, 0.4) is 0 Å². The third-order valence-electron chi connectivity index (χ3n) is 3.10. The van der Waals surface area contributed by atoms with Crippen molar-refractivity contribution in [1.82, 2.24) is 0 Å². The van der Waals surface area contributed by atoms with Gasteiger partial charge in [0.05, 0.1) is 6.10 Å². The number of aliphatic hydroxyl groups is 1. The van der Waals surface area contributed by atoms with E-state index in [1.54, 1.807) is 6.07 Å². The van der Waals surface area contributed by atoms with Crippen LogP contribution in [-0.2, 0) is 0 Å². The van der Waals surface area contributed by atoms with Gasteiger partial charge < -0.3 is 5.11 Å². The topological polar surface area (TPSA) is 20.2 Å². The van der Waals surface area contributed by atoms with E-state index in [0.29, 0.717) is 4.90 Å². The lowest BCUT2D eigenvalue weighted by molar-refractivity contribution is 0.163. The molecule has 1 aliphatic rings. The van der Waals surface area contributed by atoms with E-state index in [9.17, 15) is 13.9 Å². The highest BCUT2D eigenvalue weighted by atomic mass is 32.2. The molecular formula is C13H16F2OS. The van der Waals surface area contributed by atoms with E-state index in [-0.39, 0.29) is 11.4 Å². The number of thioether (sulfide) groups is 1. The SMILES string of the molecule is OC1CCCCCC1Sc1ccc(F)c(F)c1. The van der Waals surface area contributed by atoms with Crippen molar-refractivity contribution in [2.45, 2.75) is 48.4 Å². The fraction of sp³-hybridized carbons (Fsp3) is 0.538. The van der Waals surface area contributed by atoms with Gasteiger partial charge in [-0.05, 0) is 31.0 Å². The van der Waals surface area contributed by atoms with Crippen LogP contribution in [0.2, 0.25) is 0 Å². The zero-order chi connectivity index (χ0) is 12.3. The molecule has 1 nitrogen and oxygen atoms in total. The normalized spacial score (nSPS) is 25.6. The van der Waals surface area contributed by atoms with Gasteiger partial charge in [0.1, 0.15) is 0 Å². The average Bonchev–Trinajstić information content (AvgIpc) is 2.50. The van der Waals surface area contributed by atoms with E-state index < -0.39 is 11.6 Å². The molecular weight excluding hydrogens is 242 g/mol. The molecule has 0 saturated heterocycles. The third-order valence-corrected chi connectivity index (χ3v) is 4.47. The Hall–Kier alpha value is -0.610. The van der Waals surface area contributed by atoms with Crippen molar-refractivity contribution in [3.8, 4) is 0 Å². The van der Waals surface area contributed by atoms with Gasteiger partial charge in [0.25, 0.3) is 0 Å². The minimum atomic E-state index is -0.823. The standard InChI is InChI=1S/C13H16F2OS/c14-10-7-6-9(8-11(10)15)17-13-5-3-1-2-4-12(13)16/h6-8,12-13,16H,1-5H2. The second-order valence-corrected chi connectivity index (χ2v) is 5.75. The summed E-state index contributed by atoms with van der Waals surface area (Å²) in [5.41, 5.74) is 0. The lowest BCUT2D eigenvalue weighted by atomic mass is 10.1. The zero-order valence-electron chi connectivity index (χ0n) is 9.53. The number of aliphatic hydroxyl groups excluding tert-OH is 1. The largest absolute Gasteiger partial charge is 0.392 e. The molecule has 1 aromatic carbocycles. The Bertz CT molecular complexity index is 384. The Morgan fingerprint density at radius 2 is 1.82 bits per heavy atom. The van der Waals surface area contributed by atoms with E-state index in [2.05, 4.69) is 0 Å². The Morgan fingerprint density at radius 1 is 1.06 bits per heavy atom. The molecule has 1 saturated carbocycles. The number of benzene rings is 1. The highest BCUT2D eigenvalue weighted by Crippen LogP contribution is 2.33. The lowest BCUT2D eigenvalue weighted by Gasteiger charge is -2.19. The maximum Gasteiger partial charge on any atom is 0.159 e. The summed E-state index contributed by atoms with van der Waals surface area (Å²) in [5, 5.41) is 10.0. The summed E-state index contributed by atoms with van der Waals surface area (Å²) >= 11 is 1.45. The Morgan fingerprint density at radius 3 is 2.59 bits per heavy atom. The van der Waals surface area contributed by atoms with Crippen molar-refractivity contribution in [3.05, 3.63) is 29.8 Å². The van der Waals surface area contributed by atoms with Crippen molar-refractivity contribution < 1.29 is 13.9 Å². The molecule has 4 heteroatoms. The maximum atomic E-state index is 13.1. The van der Waals surface area contributed by atoms with Crippen LogP contribution in [-0.4, -0.2) is 16.5 Å². The van der Waals surface area contributed by atoms with Gasteiger partial charge in [0, 0.05) is 10.1 Å². The van der Waals surface area contributed by atoms with Gasteiger partial charge in [-0.2, -0.15) is 0 Å². The molecule has 1 fully saturated rings. The van der Waals surface area contributed by atoms with Crippen LogP contribution in [0.15, 0.2) is 23.1 Å². The summed E-state index contributed by atoms with van der Waals surface area (Å²) in [5.74, 6) is -1.64. The molecule has 94 valence electrons. The fourth-order valence-electron chi connectivity index (χ4n) is 2.12. The molecule has 0 radical (unpaired) electrons. The highest BCUT2D eigenvalue weighted by molar-refractivity contribution is 8.00. The van der Waals surface area contributed by atoms with Crippen molar-refractivity contribution in [2.24, 2.45) is 0 Å².